The van der Waals surface area contributed by atoms with Gasteiger partial charge in [-0.25, -0.2) is 0 Å². The number of hydrogen-bond acceptors (Lipinski definition) is 6. The van der Waals surface area contributed by atoms with Gasteiger partial charge in [0.05, 0.1) is 33.9 Å². The standard InChI is InChI=1S/C17H13N3O5S/c21-16(18-10-11-4-3-9-25-11)12-5-1-2-6-13(12)19-17(22)14-7-8-15(26-14)20(23)24/h1-9H,10H2,(H,18,21)(H,19,22). The molecule has 0 saturated carbocycles. The Hall–Kier alpha value is -3.46. The molecule has 3 rings (SSSR count). The maximum Gasteiger partial charge on any atom is 0.324 e. The first-order chi connectivity index (χ1) is 12.5. The maximum atomic E-state index is 12.4. The second kappa shape index (κ2) is 7.62. The minimum absolute atomic E-state index is 0.125. The summed E-state index contributed by atoms with van der Waals surface area (Å²) >= 11 is 0.767. The van der Waals surface area contributed by atoms with E-state index in [2.05, 4.69) is 10.6 Å². The fourth-order valence-corrected chi connectivity index (χ4v) is 2.91. The lowest BCUT2D eigenvalue weighted by Gasteiger charge is -2.10. The lowest BCUT2D eigenvalue weighted by Crippen LogP contribution is -2.24. The molecule has 0 aliphatic heterocycles. The van der Waals surface area contributed by atoms with Gasteiger partial charge in [0.2, 0.25) is 0 Å². The SMILES string of the molecule is O=C(Nc1ccccc1C(=O)NCc1ccco1)c1ccc([N+](=O)[O-])s1. The molecule has 0 bridgehead atoms. The van der Waals surface area contributed by atoms with Crippen molar-refractivity contribution in [3.05, 3.63) is 81.1 Å². The summed E-state index contributed by atoms with van der Waals surface area (Å²) in [5.41, 5.74) is 0.587. The molecule has 0 fully saturated rings. The Morgan fingerprint density at radius 2 is 1.88 bits per heavy atom. The van der Waals surface area contributed by atoms with Crippen molar-refractivity contribution in [2.24, 2.45) is 0 Å². The summed E-state index contributed by atoms with van der Waals surface area (Å²) in [6.45, 7) is 0.214. The van der Waals surface area contributed by atoms with Gasteiger partial charge in [-0.2, -0.15) is 0 Å². The number of thiophene rings is 1. The molecule has 0 aliphatic rings. The number of para-hydroxylation sites is 1. The zero-order chi connectivity index (χ0) is 18.5. The Kier molecular flexibility index (Phi) is 5.09. The smallest absolute Gasteiger partial charge is 0.324 e. The molecule has 3 aromatic rings. The summed E-state index contributed by atoms with van der Waals surface area (Å²) < 4.78 is 5.16. The Morgan fingerprint density at radius 3 is 2.58 bits per heavy atom. The van der Waals surface area contributed by atoms with E-state index in [1.807, 2.05) is 0 Å². The van der Waals surface area contributed by atoms with Crippen molar-refractivity contribution in [2.75, 3.05) is 5.32 Å². The van der Waals surface area contributed by atoms with Crippen molar-refractivity contribution in [1.29, 1.82) is 0 Å². The number of nitro groups is 1. The number of nitrogens with zero attached hydrogens (tertiary/aromatic N) is 1. The Morgan fingerprint density at radius 1 is 1.08 bits per heavy atom. The third-order valence-electron chi connectivity index (χ3n) is 3.42. The molecule has 2 amide bonds. The van der Waals surface area contributed by atoms with Gasteiger partial charge in [0.15, 0.2) is 0 Å². The maximum absolute atomic E-state index is 12.4. The molecular formula is C17H13N3O5S. The second-order valence-corrected chi connectivity index (χ2v) is 6.22. The molecule has 8 nitrogen and oxygen atoms in total. The van der Waals surface area contributed by atoms with E-state index in [4.69, 9.17) is 4.42 Å². The molecular weight excluding hydrogens is 358 g/mol. The van der Waals surface area contributed by atoms with Gasteiger partial charge in [-0.05, 0) is 30.3 Å². The number of rotatable bonds is 6. The lowest BCUT2D eigenvalue weighted by molar-refractivity contribution is -0.380. The number of carbonyl (C=O) groups is 2. The fourth-order valence-electron chi connectivity index (χ4n) is 2.20. The topological polar surface area (TPSA) is 114 Å². The summed E-state index contributed by atoms with van der Waals surface area (Å²) in [6.07, 6.45) is 1.51. The summed E-state index contributed by atoms with van der Waals surface area (Å²) in [6, 6.07) is 12.6. The van der Waals surface area contributed by atoms with Gasteiger partial charge in [-0.1, -0.05) is 23.5 Å². The highest BCUT2D eigenvalue weighted by Crippen LogP contribution is 2.25. The largest absolute Gasteiger partial charge is 0.467 e. The van der Waals surface area contributed by atoms with Crippen LogP contribution in [0, 0.1) is 10.1 Å². The molecule has 0 spiro atoms. The van der Waals surface area contributed by atoms with E-state index in [1.54, 1.807) is 36.4 Å². The second-order valence-electron chi connectivity index (χ2n) is 5.16. The van der Waals surface area contributed by atoms with E-state index < -0.39 is 10.8 Å². The number of furan rings is 1. The van der Waals surface area contributed by atoms with Crippen molar-refractivity contribution >= 4 is 33.8 Å². The highest BCUT2D eigenvalue weighted by molar-refractivity contribution is 7.17. The minimum atomic E-state index is -0.558. The van der Waals surface area contributed by atoms with Crippen LogP contribution in [0.25, 0.3) is 0 Å². The molecule has 0 atom stereocenters. The van der Waals surface area contributed by atoms with Crippen LogP contribution in [0.15, 0.2) is 59.2 Å². The molecule has 26 heavy (non-hydrogen) atoms. The van der Waals surface area contributed by atoms with Gasteiger partial charge in [0.25, 0.3) is 11.8 Å². The number of carbonyl (C=O) groups excluding carboxylic acids is 2. The molecule has 0 unspecified atom stereocenters. The van der Waals surface area contributed by atoms with Crippen molar-refractivity contribution in [3.8, 4) is 0 Å². The third-order valence-corrected chi connectivity index (χ3v) is 4.45. The van der Waals surface area contributed by atoms with Crippen molar-refractivity contribution in [1.82, 2.24) is 5.32 Å². The summed E-state index contributed by atoms with van der Waals surface area (Å²) in [4.78, 5) is 35.0. The van der Waals surface area contributed by atoms with Crippen LogP contribution in [0.2, 0.25) is 0 Å². The van der Waals surface area contributed by atoms with Crippen LogP contribution in [0.1, 0.15) is 25.8 Å². The molecule has 0 aliphatic carbocycles. The Labute approximate surface area is 151 Å². The minimum Gasteiger partial charge on any atom is -0.467 e. The molecule has 2 heterocycles. The molecule has 2 N–H and O–H groups in total. The lowest BCUT2D eigenvalue weighted by atomic mass is 10.1. The van der Waals surface area contributed by atoms with Crippen molar-refractivity contribution in [3.63, 3.8) is 0 Å². The van der Waals surface area contributed by atoms with E-state index in [0.29, 0.717) is 11.4 Å². The van der Waals surface area contributed by atoms with E-state index in [1.165, 1.54) is 18.4 Å². The van der Waals surface area contributed by atoms with E-state index in [9.17, 15) is 19.7 Å². The first kappa shape index (κ1) is 17.4. The molecule has 0 saturated heterocycles. The third kappa shape index (κ3) is 3.95. The van der Waals surface area contributed by atoms with Crippen molar-refractivity contribution < 1.29 is 18.9 Å². The number of anilines is 1. The van der Waals surface area contributed by atoms with Crippen LogP contribution in [0.5, 0.6) is 0 Å². The summed E-state index contributed by atoms with van der Waals surface area (Å²) in [7, 11) is 0. The van der Waals surface area contributed by atoms with Gasteiger partial charge < -0.3 is 15.1 Å². The first-order valence-electron chi connectivity index (χ1n) is 7.50. The number of hydrogen-bond donors (Lipinski definition) is 2. The average Bonchev–Trinajstić information content (AvgIpc) is 3.32. The Balaban J connectivity index is 1.72. The quantitative estimate of drug-likeness (QED) is 0.509. The van der Waals surface area contributed by atoms with Crippen LogP contribution in [0.4, 0.5) is 10.7 Å². The fraction of sp³-hybridized carbons (Fsp3) is 0.0588. The number of benzene rings is 1. The average molecular weight is 371 g/mol. The number of nitrogens with one attached hydrogen (secondary N) is 2. The van der Waals surface area contributed by atoms with E-state index >= 15 is 0 Å². The molecule has 132 valence electrons. The zero-order valence-corrected chi connectivity index (χ0v) is 14.1. The summed E-state index contributed by atoms with van der Waals surface area (Å²) in [5, 5.41) is 15.9. The van der Waals surface area contributed by atoms with Gasteiger partial charge in [-0.15, -0.1) is 0 Å². The van der Waals surface area contributed by atoms with Gasteiger partial charge >= 0.3 is 5.00 Å². The monoisotopic (exact) mass is 371 g/mol. The molecule has 2 aromatic heterocycles. The van der Waals surface area contributed by atoms with E-state index in [-0.39, 0.29) is 27.9 Å². The predicted octanol–water partition coefficient (Wildman–Crippen LogP) is 3.43. The van der Waals surface area contributed by atoms with Crippen LogP contribution >= 0.6 is 11.3 Å². The van der Waals surface area contributed by atoms with Gasteiger partial charge in [0, 0.05) is 6.07 Å². The molecule has 9 heteroatoms. The zero-order valence-electron chi connectivity index (χ0n) is 13.3. The van der Waals surface area contributed by atoms with Crippen LogP contribution in [-0.2, 0) is 6.54 Å². The normalized spacial score (nSPS) is 10.3. The van der Waals surface area contributed by atoms with Crippen molar-refractivity contribution in [2.45, 2.75) is 6.54 Å². The van der Waals surface area contributed by atoms with Crippen LogP contribution in [-0.4, -0.2) is 16.7 Å². The highest BCUT2D eigenvalue weighted by atomic mass is 32.1. The molecule has 0 radical (unpaired) electrons. The summed E-state index contributed by atoms with van der Waals surface area (Å²) in [5.74, 6) is -0.297. The van der Waals surface area contributed by atoms with Crippen LogP contribution < -0.4 is 10.6 Å². The predicted molar refractivity (Wildman–Crippen MR) is 95.2 cm³/mol. The van der Waals surface area contributed by atoms with E-state index in [0.717, 1.165) is 11.3 Å². The van der Waals surface area contributed by atoms with Gasteiger partial charge in [0.1, 0.15) is 5.76 Å². The first-order valence-corrected chi connectivity index (χ1v) is 8.31. The van der Waals surface area contributed by atoms with Crippen LogP contribution in [0.3, 0.4) is 0 Å². The number of amides is 2. The van der Waals surface area contributed by atoms with Gasteiger partial charge in [-0.3, -0.25) is 19.7 Å². The Bertz CT molecular complexity index is 949. The highest BCUT2D eigenvalue weighted by Gasteiger charge is 2.18. The molecule has 1 aromatic carbocycles.